The van der Waals surface area contributed by atoms with Crippen LogP contribution in [0.1, 0.15) is 19.4 Å². The molecule has 25 heavy (non-hydrogen) atoms. The van der Waals surface area contributed by atoms with Gasteiger partial charge in [0.1, 0.15) is 5.82 Å². The van der Waals surface area contributed by atoms with Gasteiger partial charge in [0.15, 0.2) is 5.96 Å². The predicted molar refractivity (Wildman–Crippen MR) is 112 cm³/mol. The Hall–Kier alpha value is -1.13. The van der Waals surface area contributed by atoms with Crippen molar-refractivity contribution < 1.29 is 9.47 Å². The first-order valence-corrected chi connectivity index (χ1v) is 8.40. The first-order valence-electron chi connectivity index (χ1n) is 8.40. The summed E-state index contributed by atoms with van der Waals surface area (Å²) in [6.45, 7) is 7.99. The number of rotatable bonds is 6. The molecule has 7 nitrogen and oxygen atoms in total. The van der Waals surface area contributed by atoms with Crippen molar-refractivity contribution in [1.82, 2.24) is 15.6 Å². The van der Waals surface area contributed by atoms with E-state index in [0.29, 0.717) is 13.2 Å². The smallest absolute Gasteiger partial charge is 0.191 e. The molecule has 0 radical (unpaired) electrons. The van der Waals surface area contributed by atoms with Crippen molar-refractivity contribution in [1.29, 1.82) is 0 Å². The second-order valence-corrected chi connectivity index (χ2v) is 6.08. The molecule has 2 unspecified atom stereocenters. The summed E-state index contributed by atoms with van der Waals surface area (Å²) in [6.07, 6.45) is 2.17. The number of hydrogen-bond donors (Lipinski definition) is 2. The average Bonchev–Trinajstić information content (AvgIpc) is 2.59. The van der Waals surface area contributed by atoms with Gasteiger partial charge in [-0.25, -0.2) is 4.98 Å². The number of aromatic nitrogens is 1. The van der Waals surface area contributed by atoms with E-state index < -0.39 is 0 Å². The zero-order valence-electron chi connectivity index (χ0n) is 15.5. The molecule has 0 amide bonds. The normalized spacial score (nSPS) is 19.1. The molecule has 8 heteroatoms. The van der Waals surface area contributed by atoms with E-state index in [9.17, 15) is 0 Å². The predicted octanol–water partition coefficient (Wildman–Crippen LogP) is 1.62. The van der Waals surface area contributed by atoms with Crippen molar-refractivity contribution in [2.45, 2.75) is 32.5 Å². The minimum atomic E-state index is 0. The van der Waals surface area contributed by atoms with Gasteiger partial charge in [0.25, 0.3) is 0 Å². The number of halogens is 1. The summed E-state index contributed by atoms with van der Waals surface area (Å²) in [5.74, 6) is 1.76. The maximum absolute atomic E-state index is 5.57. The van der Waals surface area contributed by atoms with Crippen LogP contribution in [-0.4, -0.2) is 63.6 Å². The molecular weight excluding hydrogens is 433 g/mol. The number of anilines is 1. The molecular formula is C17H30IN5O2. The monoisotopic (exact) mass is 463 g/mol. The molecule has 142 valence electrons. The maximum atomic E-state index is 5.57. The molecule has 2 N–H and O–H groups in total. The van der Waals surface area contributed by atoms with Gasteiger partial charge < -0.3 is 25.0 Å². The van der Waals surface area contributed by atoms with E-state index in [2.05, 4.69) is 51.5 Å². The molecule has 2 heterocycles. The Morgan fingerprint density at radius 1 is 1.52 bits per heavy atom. The first kappa shape index (κ1) is 21.9. The van der Waals surface area contributed by atoms with E-state index in [-0.39, 0.29) is 36.1 Å². The standard InChI is InChI=1S/C17H29N5O2.HI/c1-13(12-23-4)21-17(18-3)20-10-15-5-6-16(19-9-15)22-7-8-24-14(2)11-22;/h5-6,9,13-14H,7-8,10-12H2,1-4H3,(H2,18,20,21);1H. The molecule has 0 saturated carbocycles. The number of methoxy groups -OCH3 is 1. The fourth-order valence-electron chi connectivity index (χ4n) is 2.64. The van der Waals surface area contributed by atoms with Crippen LogP contribution in [0.15, 0.2) is 23.3 Å². The molecule has 0 spiro atoms. The van der Waals surface area contributed by atoms with Gasteiger partial charge in [-0.1, -0.05) is 6.07 Å². The molecule has 0 bridgehead atoms. The second-order valence-electron chi connectivity index (χ2n) is 6.08. The van der Waals surface area contributed by atoms with Crippen LogP contribution in [-0.2, 0) is 16.0 Å². The van der Waals surface area contributed by atoms with Crippen LogP contribution < -0.4 is 15.5 Å². The number of hydrogen-bond acceptors (Lipinski definition) is 5. The SMILES string of the molecule is CN=C(NCc1ccc(N2CCOC(C)C2)nc1)NC(C)COC.I. The quantitative estimate of drug-likeness (QED) is 0.380. The molecule has 1 aromatic heterocycles. The summed E-state index contributed by atoms with van der Waals surface area (Å²) >= 11 is 0. The Kier molecular flexibility index (Phi) is 10.1. The summed E-state index contributed by atoms with van der Waals surface area (Å²) in [5, 5.41) is 6.57. The van der Waals surface area contributed by atoms with Crippen LogP contribution in [0.2, 0.25) is 0 Å². The molecule has 0 aromatic carbocycles. The number of nitrogens with one attached hydrogen (secondary N) is 2. The lowest BCUT2D eigenvalue weighted by Crippen LogP contribution is -2.43. The van der Waals surface area contributed by atoms with E-state index in [1.54, 1.807) is 14.2 Å². The third kappa shape index (κ3) is 7.33. The third-order valence-corrected chi connectivity index (χ3v) is 3.86. The fraction of sp³-hybridized carbons (Fsp3) is 0.647. The summed E-state index contributed by atoms with van der Waals surface area (Å²) in [7, 11) is 3.45. The molecule has 1 saturated heterocycles. The van der Waals surface area contributed by atoms with Crippen molar-refractivity contribution in [2.24, 2.45) is 4.99 Å². The van der Waals surface area contributed by atoms with Crippen LogP contribution in [0.25, 0.3) is 0 Å². The van der Waals surface area contributed by atoms with Gasteiger partial charge in [-0.05, 0) is 25.5 Å². The van der Waals surface area contributed by atoms with Gasteiger partial charge >= 0.3 is 0 Å². The van der Waals surface area contributed by atoms with Gasteiger partial charge in [-0.2, -0.15) is 0 Å². The van der Waals surface area contributed by atoms with Gasteiger partial charge in [0, 0.05) is 46.0 Å². The minimum Gasteiger partial charge on any atom is -0.383 e. The van der Waals surface area contributed by atoms with Crippen LogP contribution >= 0.6 is 24.0 Å². The number of morpholine rings is 1. The first-order chi connectivity index (χ1) is 11.6. The van der Waals surface area contributed by atoms with Gasteiger partial charge in [-0.3, -0.25) is 4.99 Å². The average molecular weight is 463 g/mol. The van der Waals surface area contributed by atoms with E-state index in [1.165, 1.54) is 0 Å². The number of nitrogens with zero attached hydrogens (tertiary/aromatic N) is 3. The van der Waals surface area contributed by atoms with Gasteiger partial charge in [0.2, 0.25) is 0 Å². The molecule has 1 aliphatic rings. The number of ether oxygens (including phenoxy) is 2. The second kappa shape index (κ2) is 11.5. The van der Waals surface area contributed by atoms with E-state index in [0.717, 1.165) is 37.0 Å². The summed E-state index contributed by atoms with van der Waals surface area (Å²) < 4.78 is 10.7. The molecule has 2 rings (SSSR count). The Labute approximate surface area is 167 Å². The van der Waals surface area contributed by atoms with Gasteiger partial charge in [-0.15, -0.1) is 24.0 Å². The lowest BCUT2D eigenvalue weighted by Gasteiger charge is -2.32. The Morgan fingerprint density at radius 3 is 2.92 bits per heavy atom. The third-order valence-electron chi connectivity index (χ3n) is 3.86. The van der Waals surface area contributed by atoms with Crippen LogP contribution in [0.3, 0.4) is 0 Å². The topological polar surface area (TPSA) is 71.0 Å². The largest absolute Gasteiger partial charge is 0.383 e. The molecule has 1 fully saturated rings. The van der Waals surface area contributed by atoms with E-state index >= 15 is 0 Å². The van der Waals surface area contributed by atoms with E-state index in [1.807, 2.05) is 6.20 Å². The van der Waals surface area contributed by atoms with Crippen molar-refractivity contribution in [3.63, 3.8) is 0 Å². The van der Waals surface area contributed by atoms with Crippen LogP contribution in [0.5, 0.6) is 0 Å². The molecule has 1 aromatic rings. The lowest BCUT2D eigenvalue weighted by atomic mass is 10.2. The number of pyridine rings is 1. The molecule has 0 aliphatic carbocycles. The minimum absolute atomic E-state index is 0. The van der Waals surface area contributed by atoms with Gasteiger partial charge in [0.05, 0.1) is 19.3 Å². The van der Waals surface area contributed by atoms with E-state index in [4.69, 9.17) is 9.47 Å². The highest BCUT2D eigenvalue weighted by Crippen LogP contribution is 2.15. The highest BCUT2D eigenvalue weighted by atomic mass is 127. The van der Waals surface area contributed by atoms with Crippen molar-refractivity contribution >= 4 is 35.8 Å². The number of aliphatic imine (C=N–C) groups is 1. The van der Waals surface area contributed by atoms with Crippen LogP contribution in [0.4, 0.5) is 5.82 Å². The number of guanidine groups is 1. The zero-order valence-corrected chi connectivity index (χ0v) is 17.8. The highest BCUT2D eigenvalue weighted by Gasteiger charge is 2.17. The fourth-order valence-corrected chi connectivity index (χ4v) is 2.64. The highest BCUT2D eigenvalue weighted by molar-refractivity contribution is 14.0. The van der Waals surface area contributed by atoms with Crippen molar-refractivity contribution in [3.05, 3.63) is 23.9 Å². The maximum Gasteiger partial charge on any atom is 0.191 e. The van der Waals surface area contributed by atoms with Crippen LogP contribution in [0, 0.1) is 0 Å². The molecule has 1 aliphatic heterocycles. The Bertz CT molecular complexity index is 526. The summed E-state index contributed by atoms with van der Waals surface area (Å²) in [4.78, 5) is 11.1. The zero-order chi connectivity index (χ0) is 17.4. The Morgan fingerprint density at radius 2 is 2.32 bits per heavy atom. The lowest BCUT2D eigenvalue weighted by molar-refractivity contribution is 0.0529. The van der Waals surface area contributed by atoms with Crippen molar-refractivity contribution in [3.8, 4) is 0 Å². The molecule has 2 atom stereocenters. The summed E-state index contributed by atoms with van der Waals surface area (Å²) in [6, 6.07) is 4.37. The van der Waals surface area contributed by atoms with Crippen molar-refractivity contribution in [2.75, 3.05) is 45.4 Å². The summed E-state index contributed by atoms with van der Waals surface area (Å²) in [5.41, 5.74) is 1.11. The Balaban J connectivity index is 0.00000312.